The number of alkyl halides is 3. The minimum atomic E-state index is -4.80. The molecule has 4 amide bonds. The van der Waals surface area contributed by atoms with Crippen molar-refractivity contribution in [2.45, 2.75) is 12.8 Å². The number of nitrogens with zero attached hydrogens (tertiary/aromatic N) is 2. The quantitative estimate of drug-likeness (QED) is 0.0831. The van der Waals surface area contributed by atoms with Crippen LogP contribution in [0.5, 0.6) is 17.2 Å². The first-order valence-electron chi connectivity index (χ1n) is 13.0. The van der Waals surface area contributed by atoms with Gasteiger partial charge in [-0.05, 0) is 97.6 Å². The summed E-state index contributed by atoms with van der Waals surface area (Å²) in [5.74, 6) is -1.85. The average Bonchev–Trinajstić information content (AvgIpc) is 3.00. The van der Waals surface area contributed by atoms with Crippen LogP contribution >= 0.6 is 31.9 Å². The van der Waals surface area contributed by atoms with Gasteiger partial charge in [0.25, 0.3) is 11.8 Å². The second-order valence-electron chi connectivity index (χ2n) is 9.58. The molecule has 1 aliphatic heterocycles. The van der Waals surface area contributed by atoms with Gasteiger partial charge in [0.15, 0.2) is 5.75 Å². The molecule has 0 spiro atoms. The number of benzene rings is 4. The van der Waals surface area contributed by atoms with Crippen LogP contribution < -0.4 is 19.7 Å². The van der Waals surface area contributed by atoms with Crippen molar-refractivity contribution < 1.29 is 42.0 Å². The molecule has 1 heterocycles. The van der Waals surface area contributed by atoms with E-state index in [1.165, 1.54) is 30.3 Å². The summed E-state index contributed by atoms with van der Waals surface area (Å²) >= 11 is 6.51. The van der Waals surface area contributed by atoms with Crippen LogP contribution in [0.15, 0.2) is 99.4 Å². The van der Waals surface area contributed by atoms with Gasteiger partial charge in [0.1, 0.15) is 17.9 Å². The van der Waals surface area contributed by atoms with Gasteiger partial charge in [-0.3, -0.25) is 25.0 Å². The van der Waals surface area contributed by atoms with Crippen LogP contribution in [0, 0.1) is 10.1 Å². The normalized spacial score (nSPS) is 14.3. The molecule has 0 aromatic heterocycles. The number of halogens is 5. The van der Waals surface area contributed by atoms with E-state index in [0.29, 0.717) is 24.5 Å². The van der Waals surface area contributed by atoms with E-state index in [4.69, 9.17) is 9.47 Å². The minimum Gasteiger partial charge on any atom is -0.489 e. The Labute approximate surface area is 274 Å². The largest absolute Gasteiger partial charge is 0.489 e. The number of barbiturate groups is 1. The average molecular weight is 761 g/mol. The Morgan fingerprint density at radius 3 is 2.17 bits per heavy atom. The first-order chi connectivity index (χ1) is 21.8. The van der Waals surface area contributed by atoms with Crippen LogP contribution in [0.3, 0.4) is 0 Å². The molecule has 0 saturated carbocycles. The van der Waals surface area contributed by atoms with E-state index in [1.54, 1.807) is 12.1 Å². The number of amides is 4. The van der Waals surface area contributed by atoms with E-state index in [9.17, 15) is 37.7 Å². The number of ether oxygens (including phenoxy) is 2. The zero-order valence-electron chi connectivity index (χ0n) is 23.0. The summed E-state index contributed by atoms with van der Waals surface area (Å²) in [7, 11) is 0. The van der Waals surface area contributed by atoms with E-state index in [1.807, 2.05) is 30.3 Å². The fourth-order valence-electron chi connectivity index (χ4n) is 4.28. The lowest BCUT2D eigenvalue weighted by Gasteiger charge is -2.26. The summed E-state index contributed by atoms with van der Waals surface area (Å²) in [6.45, 7) is 0.306. The second kappa shape index (κ2) is 13.1. The van der Waals surface area contributed by atoms with Crippen molar-refractivity contribution in [1.82, 2.24) is 5.32 Å². The molecule has 0 bridgehead atoms. The molecule has 1 fully saturated rings. The number of anilines is 1. The van der Waals surface area contributed by atoms with Crippen molar-refractivity contribution in [2.24, 2.45) is 0 Å². The third kappa shape index (κ3) is 7.10. The fourth-order valence-corrected chi connectivity index (χ4v) is 5.67. The number of imide groups is 2. The van der Waals surface area contributed by atoms with Gasteiger partial charge in [0, 0.05) is 6.07 Å². The number of carbonyl (C=O) groups is 3. The molecule has 10 nitrogen and oxygen atoms in total. The SMILES string of the molecule is O=C1NC(=O)N(c2ccc(OCc3ccccc3)cc2)C(=O)/C1=C/c1cc(Br)c(Oc2ccc(C(F)(F)F)cc2[N+](=O)[O-])c(Br)c1. The highest BCUT2D eigenvalue weighted by Crippen LogP contribution is 2.43. The molecule has 0 aliphatic carbocycles. The van der Waals surface area contributed by atoms with Crippen LogP contribution in [-0.2, 0) is 22.4 Å². The molecule has 15 heteroatoms. The second-order valence-corrected chi connectivity index (χ2v) is 11.3. The number of hydrogen-bond acceptors (Lipinski definition) is 7. The lowest BCUT2D eigenvalue weighted by Crippen LogP contribution is -2.54. The van der Waals surface area contributed by atoms with Crippen molar-refractivity contribution >= 4 is 67.2 Å². The Morgan fingerprint density at radius 1 is 0.913 bits per heavy atom. The monoisotopic (exact) mass is 759 g/mol. The number of nitro benzene ring substituents is 1. The zero-order chi connectivity index (χ0) is 33.2. The molecule has 4 aromatic carbocycles. The topological polar surface area (TPSA) is 128 Å². The van der Waals surface area contributed by atoms with Crippen LogP contribution in [0.25, 0.3) is 6.08 Å². The van der Waals surface area contributed by atoms with Crippen molar-refractivity contribution in [3.05, 3.63) is 126 Å². The molecule has 1 N–H and O–H groups in total. The smallest absolute Gasteiger partial charge is 0.416 e. The lowest BCUT2D eigenvalue weighted by atomic mass is 10.1. The van der Waals surface area contributed by atoms with E-state index in [0.717, 1.165) is 16.5 Å². The van der Waals surface area contributed by atoms with E-state index >= 15 is 0 Å². The van der Waals surface area contributed by atoms with E-state index < -0.39 is 45.9 Å². The summed E-state index contributed by atoms with van der Waals surface area (Å²) in [6, 6.07) is 19.3. The summed E-state index contributed by atoms with van der Waals surface area (Å²) < 4.78 is 50.9. The predicted molar refractivity (Wildman–Crippen MR) is 166 cm³/mol. The number of nitro groups is 1. The molecular weight excluding hydrogens is 743 g/mol. The van der Waals surface area contributed by atoms with Gasteiger partial charge in [-0.15, -0.1) is 0 Å². The molecule has 1 aliphatic rings. The number of carbonyl (C=O) groups excluding carboxylic acids is 3. The number of rotatable bonds is 8. The van der Waals surface area contributed by atoms with Gasteiger partial charge in [0.05, 0.1) is 25.1 Å². The van der Waals surface area contributed by atoms with Gasteiger partial charge < -0.3 is 9.47 Å². The summed E-state index contributed by atoms with van der Waals surface area (Å²) in [5.41, 5.74) is -1.12. The molecule has 4 aromatic rings. The van der Waals surface area contributed by atoms with Gasteiger partial charge in [-0.25, -0.2) is 9.69 Å². The van der Waals surface area contributed by atoms with Crippen molar-refractivity contribution in [3.8, 4) is 17.2 Å². The van der Waals surface area contributed by atoms with Gasteiger partial charge in [-0.1, -0.05) is 30.3 Å². The highest BCUT2D eigenvalue weighted by molar-refractivity contribution is 9.11. The Kier molecular flexibility index (Phi) is 9.25. The van der Waals surface area contributed by atoms with Crippen LogP contribution in [0.1, 0.15) is 16.7 Å². The molecule has 5 rings (SSSR count). The standard InChI is InChI=1S/C31H18Br2F3N3O7/c32-23-13-18(14-24(33)27(23)46-26-11-6-19(31(34,35)36)15-25(26)39(43)44)12-22-28(40)37-30(42)38(29(22)41)20-7-9-21(10-8-20)45-16-17-4-2-1-3-5-17/h1-15H,16H2,(H,37,40,42)/b22-12+. The molecular formula is C31H18Br2F3N3O7. The third-order valence-corrected chi connectivity index (χ3v) is 7.65. The van der Waals surface area contributed by atoms with Gasteiger partial charge in [0.2, 0.25) is 5.75 Å². The highest BCUT2D eigenvalue weighted by atomic mass is 79.9. The fraction of sp³-hybridized carbons (Fsp3) is 0.0645. The van der Waals surface area contributed by atoms with Crippen molar-refractivity contribution in [3.63, 3.8) is 0 Å². The Bertz CT molecular complexity index is 1880. The van der Waals surface area contributed by atoms with E-state index in [-0.39, 0.29) is 31.5 Å². The summed E-state index contributed by atoms with van der Waals surface area (Å²) in [4.78, 5) is 50.0. The minimum absolute atomic E-state index is 0.0317. The number of urea groups is 1. The Balaban J connectivity index is 1.38. The number of nitrogens with one attached hydrogen (secondary N) is 1. The maximum atomic E-state index is 13.4. The van der Waals surface area contributed by atoms with Crippen LogP contribution in [0.4, 0.5) is 29.3 Å². The first-order valence-corrected chi connectivity index (χ1v) is 14.6. The predicted octanol–water partition coefficient (Wildman–Crippen LogP) is 8.18. The first kappa shape index (κ1) is 32.4. The molecule has 234 valence electrons. The lowest BCUT2D eigenvalue weighted by molar-refractivity contribution is -0.385. The van der Waals surface area contributed by atoms with Crippen LogP contribution in [0.2, 0.25) is 0 Å². The van der Waals surface area contributed by atoms with Crippen molar-refractivity contribution in [1.29, 1.82) is 0 Å². The van der Waals surface area contributed by atoms with Gasteiger partial charge in [-0.2, -0.15) is 13.2 Å². The summed E-state index contributed by atoms with van der Waals surface area (Å²) in [6.07, 6.45) is -3.59. The summed E-state index contributed by atoms with van der Waals surface area (Å²) in [5, 5.41) is 13.6. The molecule has 46 heavy (non-hydrogen) atoms. The zero-order valence-corrected chi connectivity index (χ0v) is 26.2. The van der Waals surface area contributed by atoms with E-state index in [2.05, 4.69) is 37.2 Å². The maximum Gasteiger partial charge on any atom is 0.416 e. The molecule has 0 unspecified atom stereocenters. The third-order valence-electron chi connectivity index (χ3n) is 6.47. The maximum absolute atomic E-state index is 13.4. The van der Waals surface area contributed by atoms with Crippen LogP contribution in [-0.4, -0.2) is 22.8 Å². The Morgan fingerprint density at radius 2 is 1.57 bits per heavy atom. The number of hydrogen-bond donors (Lipinski definition) is 1. The highest BCUT2D eigenvalue weighted by Gasteiger charge is 2.37. The van der Waals surface area contributed by atoms with Gasteiger partial charge >= 0.3 is 17.9 Å². The molecule has 0 radical (unpaired) electrons. The van der Waals surface area contributed by atoms with Crippen molar-refractivity contribution in [2.75, 3.05) is 4.90 Å². The molecule has 0 atom stereocenters. The Hall–Kier alpha value is -5.02. The molecule has 1 saturated heterocycles.